The van der Waals surface area contributed by atoms with E-state index in [9.17, 15) is 19.1 Å². The van der Waals surface area contributed by atoms with Crippen molar-refractivity contribution in [2.45, 2.75) is 19.9 Å². The van der Waals surface area contributed by atoms with E-state index in [-0.39, 0.29) is 16.7 Å². The molecule has 0 bridgehead atoms. The maximum absolute atomic E-state index is 14.1. The molecule has 2 rings (SSSR count). The first-order chi connectivity index (χ1) is 10.9. The monoisotopic (exact) mass is 323 g/mol. The van der Waals surface area contributed by atoms with Crippen LogP contribution in [-0.2, 0) is 11.3 Å². The highest BCUT2D eigenvalue weighted by molar-refractivity contribution is 5.94. The summed E-state index contributed by atoms with van der Waals surface area (Å²) in [6, 6.07) is 1.06. The van der Waals surface area contributed by atoms with Gasteiger partial charge < -0.3 is 19.1 Å². The lowest BCUT2D eigenvalue weighted by Crippen LogP contribution is -2.20. The van der Waals surface area contributed by atoms with E-state index in [2.05, 4.69) is 0 Å². The van der Waals surface area contributed by atoms with Crippen molar-refractivity contribution in [2.24, 2.45) is 0 Å². The lowest BCUT2D eigenvalue weighted by atomic mass is 10.1. The molecule has 7 heteroatoms. The maximum atomic E-state index is 14.1. The van der Waals surface area contributed by atoms with Crippen molar-refractivity contribution in [3.05, 3.63) is 39.4 Å². The van der Waals surface area contributed by atoms with Gasteiger partial charge in [-0.3, -0.25) is 4.79 Å². The number of ether oxygens (including phenoxy) is 2. The van der Waals surface area contributed by atoms with Gasteiger partial charge in [-0.1, -0.05) is 0 Å². The number of halogens is 1. The van der Waals surface area contributed by atoms with Gasteiger partial charge in [0, 0.05) is 32.0 Å². The van der Waals surface area contributed by atoms with Gasteiger partial charge in [-0.2, -0.15) is 0 Å². The number of benzene rings is 1. The first-order valence-corrected chi connectivity index (χ1v) is 7.04. The van der Waals surface area contributed by atoms with Gasteiger partial charge in [0.2, 0.25) is 5.43 Å². The number of hydrogen-bond acceptors (Lipinski definition) is 4. The summed E-state index contributed by atoms with van der Waals surface area (Å²) < 4.78 is 25.9. The first kappa shape index (κ1) is 17.0. The number of hydrogen-bond donors (Lipinski definition) is 1. The third-order valence-corrected chi connectivity index (χ3v) is 3.68. The highest BCUT2D eigenvalue weighted by Crippen LogP contribution is 2.30. The maximum Gasteiger partial charge on any atom is 0.341 e. The minimum Gasteiger partial charge on any atom is -0.494 e. The molecule has 2 aromatic rings. The van der Waals surface area contributed by atoms with E-state index in [1.807, 2.05) is 0 Å². The van der Waals surface area contributed by atoms with Gasteiger partial charge >= 0.3 is 5.97 Å². The second-order valence-electron chi connectivity index (χ2n) is 5.13. The second kappa shape index (κ2) is 6.78. The van der Waals surface area contributed by atoms with E-state index in [0.29, 0.717) is 25.1 Å². The topological polar surface area (TPSA) is 77.8 Å². The molecule has 0 fully saturated rings. The fourth-order valence-electron chi connectivity index (χ4n) is 2.55. The van der Waals surface area contributed by atoms with Crippen molar-refractivity contribution in [3.8, 4) is 5.75 Å². The molecule has 0 atom stereocenters. The Balaban J connectivity index is 2.84. The summed E-state index contributed by atoms with van der Waals surface area (Å²) in [5.41, 5.74) is -0.478. The zero-order chi connectivity index (χ0) is 17.1. The number of carboxylic acid groups (broad SMARTS) is 1. The SMILES string of the molecule is COCCCn1cc(C(=O)O)c(=O)c2cc(F)c(C)c(OC)c21. The van der Waals surface area contributed by atoms with Crippen molar-refractivity contribution < 1.29 is 23.8 Å². The van der Waals surface area contributed by atoms with E-state index in [4.69, 9.17) is 9.47 Å². The Morgan fingerprint density at radius 2 is 2.09 bits per heavy atom. The summed E-state index contributed by atoms with van der Waals surface area (Å²) in [5.74, 6) is -1.73. The van der Waals surface area contributed by atoms with E-state index in [1.54, 1.807) is 18.6 Å². The molecule has 1 aromatic heterocycles. The van der Waals surface area contributed by atoms with Crippen LogP contribution >= 0.6 is 0 Å². The van der Waals surface area contributed by atoms with Crippen molar-refractivity contribution in [2.75, 3.05) is 20.8 Å². The summed E-state index contributed by atoms with van der Waals surface area (Å²) in [6.45, 7) is 2.42. The Morgan fingerprint density at radius 1 is 1.39 bits per heavy atom. The minimum atomic E-state index is -1.35. The van der Waals surface area contributed by atoms with Gasteiger partial charge in [-0.15, -0.1) is 0 Å². The molecule has 23 heavy (non-hydrogen) atoms. The van der Waals surface area contributed by atoms with Crippen molar-refractivity contribution in [3.63, 3.8) is 0 Å². The molecule has 0 spiro atoms. The van der Waals surface area contributed by atoms with Crippen LogP contribution in [0.25, 0.3) is 10.9 Å². The Hall–Kier alpha value is -2.41. The minimum absolute atomic E-state index is 0.0118. The number of aromatic carboxylic acids is 1. The van der Waals surface area contributed by atoms with Crippen LogP contribution in [0.2, 0.25) is 0 Å². The summed E-state index contributed by atoms with van der Waals surface area (Å²) in [7, 11) is 2.95. The Bertz CT molecular complexity index is 812. The predicted molar refractivity (Wildman–Crippen MR) is 82.9 cm³/mol. The third-order valence-electron chi connectivity index (χ3n) is 3.68. The number of carboxylic acids is 1. The summed E-state index contributed by atoms with van der Waals surface area (Å²) in [5, 5.41) is 9.20. The van der Waals surface area contributed by atoms with E-state index in [0.717, 1.165) is 6.07 Å². The van der Waals surface area contributed by atoms with Crippen LogP contribution in [0, 0.1) is 12.7 Å². The third kappa shape index (κ3) is 3.05. The van der Waals surface area contributed by atoms with Crippen LogP contribution in [0.1, 0.15) is 22.3 Å². The van der Waals surface area contributed by atoms with Crippen LogP contribution in [0.3, 0.4) is 0 Å². The number of fused-ring (bicyclic) bond motifs is 1. The molecule has 0 saturated carbocycles. The van der Waals surface area contributed by atoms with Crippen molar-refractivity contribution in [1.82, 2.24) is 4.57 Å². The molecule has 0 saturated heterocycles. The van der Waals surface area contributed by atoms with Crippen LogP contribution in [0.5, 0.6) is 5.75 Å². The number of rotatable bonds is 6. The number of aryl methyl sites for hydroxylation is 1. The summed E-state index contributed by atoms with van der Waals surface area (Å²) in [6.07, 6.45) is 1.87. The molecule has 1 aromatic carbocycles. The lowest BCUT2D eigenvalue weighted by molar-refractivity contribution is 0.0694. The zero-order valence-corrected chi connectivity index (χ0v) is 13.2. The number of aromatic nitrogens is 1. The fourth-order valence-corrected chi connectivity index (χ4v) is 2.55. The standard InChI is InChI=1S/C16H18FNO5/c1-9-12(17)7-10-13(15(9)23-3)18(5-4-6-22-2)8-11(14(10)19)16(20)21/h7-8H,4-6H2,1-3H3,(H,20,21). The molecule has 0 aliphatic heterocycles. The highest BCUT2D eigenvalue weighted by Gasteiger charge is 2.20. The molecule has 1 N–H and O–H groups in total. The average molecular weight is 323 g/mol. The zero-order valence-electron chi connectivity index (χ0n) is 13.2. The smallest absolute Gasteiger partial charge is 0.341 e. The first-order valence-electron chi connectivity index (χ1n) is 7.04. The molecule has 0 unspecified atom stereocenters. The fraction of sp³-hybridized carbons (Fsp3) is 0.375. The van der Waals surface area contributed by atoms with Crippen LogP contribution in [0.4, 0.5) is 4.39 Å². The molecule has 0 aliphatic rings. The van der Waals surface area contributed by atoms with Crippen molar-refractivity contribution >= 4 is 16.9 Å². The van der Waals surface area contributed by atoms with E-state index in [1.165, 1.54) is 13.3 Å². The van der Waals surface area contributed by atoms with E-state index < -0.39 is 22.8 Å². The normalized spacial score (nSPS) is 11.0. The highest BCUT2D eigenvalue weighted by atomic mass is 19.1. The van der Waals surface area contributed by atoms with Gasteiger partial charge in [0.1, 0.15) is 17.1 Å². The second-order valence-corrected chi connectivity index (χ2v) is 5.13. The average Bonchev–Trinajstić information content (AvgIpc) is 2.51. The Kier molecular flexibility index (Phi) is 5.00. The van der Waals surface area contributed by atoms with Crippen LogP contribution in [0.15, 0.2) is 17.1 Å². The number of nitrogens with zero attached hydrogens (tertiary/aromatic N) is 1. The van der Waals surface area contributed by atoms with Gasteiger partial charge in [-0.25, -0.2) is 9.18 Å². The molecule has 1 heterocycles. The molecule has 6 nitrogen and oxygen atoms in total. The molecule has 124 valence electrons. The Labute approximate surface area is 132 Å². The van der Waals surface area contributed by atoms with Crippen LogP contribution in [-0.4, -0.2) is 36.5 Å². The van der Waals surface area contributed by atoms with E-state index >= 15 is 0 Å². The number of pyridine rings is 1. The predicted octanol–water partition coefficient (Wildman–Crippen LogP) is 2.19. The number of carbonyl (C=O) groups is 1. The quantitative estimate of drug-likeness (QED) is 0.825. The van der Waals surface area contributed by atoms with Gasteiger partial charge in [0.15, 0.2) is 0 Å². The van der Waals surface area contributed by atoms with Crippen molar-refractivity contribution in [1.29, 1.82) is 0 Å². The molecule has 0 amide bonds. The largest absolute Gasteiger partial charge is 0.494 e. The molecular formula is C16H18FNO5. The summed E-state index contributed by atoms with van der Waals surface area (Å²) >= 11 is 0. The molecule has 0 aliphatic carbocycles. The van der Waals surface area contributed by atoms with Gasteiger partial charge in [0.25, 0.3) is 0 Å². The lowest BCUT2D eigenvalue weighted by Gasteiger charge is -2.17. The molecule has 0 radical (unpaired) electrons. The molecular weight excluding hydrogens is 305 g/mol. The Morgan fingerprint density at radius 3 is 2.65 bits per heavy atom. The summed E-state index contributed by atoms with van der Waals surface area (Å²) in [4.78, 5) is 23.6. The van der Waals surface area contributed by atoms with Crippen LogP contribution < -0.4 is 10.2 Å². The van der Waals surface area contributed by atoms with Gasteiger partial charge in [0.05, 0.1) is 18.0 Å². The van der Waals surface area contributed by atoms with Gasteiger partial charge in [-0.05, 0) is 19.4 Å². The number of methoxy groups -OCH3 is 2.